The zero-order chi connectivity index (χ0) is 9.68. The molecule has 0 saturated heterocycles. The van der Waals surface area contributed by atoms with Gasteiger partial charge in [0.05, 0.1) is 6.10 Å². The predicted molar refractivity (Wildman–Crippen MR) is 56.7 cm³/mol. The molecule has 1 saturated carbocycles. The first-order valence-electron chi connectivity index (χ1n) is 5.96. The molecular formula is C12H24O. The Morgan fingerprint density at radius 3 is 2.31 bits per heavy atom. The van der Waals surface area contributed by atoms with Crippen LogP contribution in [0.5, 0.6) is 0 Å². The molecule has 1 aliphatic rings. The Labute approximate surface area is 82.5 Å². The topological polar surface area (TPSA) is 20.2 Å². The van der Waals surface area contributed by atoms with Crippen LogP contribution in [-0.2, 0) is 0 Å². The summed E-state index contributed by atoms with van der Waals surface area (Å²) in [6, 6.07) is 0. The largest absolute Gasteiger partial charge is 0.393 e. The van der Waals surface area contributed by atoms with Gasteiger partial charge in [-0.15, -0.1) is 0 Å². The smallest absolute Gasteiger partial charge is 0.0540 e. The molecule has 0 aromatic heterocycles. The molecule has 0 spiro atoms. The van der Waals surface area contributed by atoms with Gasteiger partial charge in [0.25, 0.3) is 0 Å². The van der Waals surface area contributed by atoms with Crippen molar-refractivity contribution in [3.8, 4) is 0 Å². The Balaban J connectivity index is 2.35. The first-order valence-corrected chi connectivity index (χ1v) is 5.96. The van der Waals surface area contributed by atoms with Gasteiger partial charge in [-0.3, -0.25) is 0 Å². The summed E-state index contributed by atoms with van der Waals surface area (Å²) < 4.78 is 0. The Hall–Kier alpha value is -0.0400. The molecule has 78 valence electrons. The molecule has 1 aliphatic carbocycles. The van der Waals surface area contributed by atoms with Crippen molar-refractivity contribution in [1.29, 1.82) is 0 Å². The van der Waals surface area contributed by atoms with Gasteiger partial charge in [0.1, 0.15) is 0 Å². The summed E-state index contributed by atoms with van der Waals surface area (Å²) in [4.78, 5) is 0. The van der Waals surface area contributed by atoms with Crippen LogP contribution in [0.15, 0.2) is 0 Å². The molecule has 1 N–H and O–H groups in total. The van der Waals surface area contributed by atoms with Gasteiger partial charge >= 0.3 is 0 Å². The molecule has 1 heteroatoms. The maximum atomic E-state index is 9.62. The van der Waals surface area contributed by atoms with Crippen LogP contribution in [0.2, 0.25) is 0 Å². The summed E-state index contributed by atoms with van der Waals surface area (Å²) in [6.45, 7) is 4.37. The first-order chi connectivity index (χ1) is 6.27. The van der Waals surface area contributed by atoms with E-state index in [2.05, 4.69) is 13.8 Å². The fraction of sp³-hybridized carbons (Fsp3) is 1.00. The van der Waals surface area contributed by atoms with E-state index in [1.165, 1.54) is 32.1 Å². The van der Waals surface area contributed by atoms with Crippen LogP contribution < -0.4 is 0 Å². The van der Waals surface area contributed by atoms with Gasteiger partial charge in [0.15, 0.2) is 0 Å². The van der Waals surface area contributed by atoms with Crippen LogP contribution in [0, 0.1) is 11.8 Å². The van der Waals surface area contributed by atoms with Crippen molar-refractivity contribution in [3.63, 3.8) is 0 Å². The molecule has 0 aromatic carbocycles. The summed E-state index contributed by atoms with van der Waals surface area (Å²) in [5.41, 5.74) is 0. The van der Waals surface area contributed by atoms with E-state index in [0.717, 1.165) is 24.7 Å². The second-order valence-corrected chi connectivity index (χ2v) is 4.51. The van der Waals surface area contributed by atoms with Crippen molar-refractivity contribution < 1.29 is 5.11 Å². The van der Waals surface area contributed by atoms with Crippen molar-refractivity contribution >= 4 is 0 Å². The standard InChI is InChI=1S/C12H24O/c1-3-10-7-5-6-8-11(10)9-12(13)4-2/h10-13H,3-9H2,1-2H3. The summed E-state index contributed by atoms with van der Waals surface area (Å²) in [5.74, 6) is 1.71. The Morgan fingerprint density at radius 2 is 1.77 bits per heavy atom. The minimum absolute atomic E-state index is 0.0443. The highest BCUT2D eigenvalue weighted by Gasteiger charge is 2.24. The number of rotatable bonds is 4. The summed E-state index contributed by atoms with van der Waals surface area (Å²) in [5, 5.41) is 9.62. The van der Waals surface area contributed by atoms with E-state index in [0.29, 0.717) is 0 Å². The minimum atomic E-state index is -0.0443. The van der Waals surface area contributed by atoms with Gasteiger partial charge in [-0.25, -0.2) is 0 Å². The maximum absolute atomic E-state index is 9.62. The second-order valence-electron chi connectivity index (χ2n) is 4.51. The van der Waals surface area contributed by atoms with E-state index >= 15 is 0 Å². The molecule has 1 fully saturated rings. The van der Waals surface area contributed by atoms with E-state index in [1.54, 1.807) is 0 Å². The predicted octanol–water partition coefficient (Wildman–Crippen LogP) is 3.36. The highest BCUT2D eigenvalue weighted by Crippen LogP contribution is 2.35. The number of aliphatic hydroxyl groups is 1. The number of hydrogen-bond donors (Lipinski definition) is 1. The fourth-order valence-corrected chi connectivity index (χ4v) is 2.65. The summed E-state index contributed by atoms with van der Waals surface area (Å²) in [6.07, 6.45) is 8.79. The van der Waals surface area contributed by atoms with Crippen LogP contribution in [0.3, 0.4) is 0 Å². The Morgan fingerprint density at radius 1 is 1.15 bits per heavy atom. The molecule has 1 nitrogen and oxygen atoms in total. The molecule has 0 heterocycles. The maximum Gasteiger partial charge on any atom is 0.0540 e. The molecule has 1 rings (SSSR count). The molecule has 0 bridgehead atoms. The van der Waals surface area contributed by atoms with Gasteiger partial charge in [0.2, 0.25) is 0 Å². The molecule has 0 radical (unpaired) electrons. The lowest BCUT2D eigenvalue weighted by atomic mass is 9.75. The normalized spacial score (nSPS) is 31.6. The van der Waals surface area contributed by atoms with Crippen molar-refractivity contribution in [1.82, 2.24) is 0 Å². The van der Waals surface area contributed by atoms with Crippen molar-refractivity contribution in [2.24, 2.45) is 11.8 Å². The van der Waals surface area contributed by atoms with E-state index in [9.17, 15) is 5.11 Å². The average Bonchev–Trinajstić information content (AvgIpc) is 2.18. The fourth-order valence-electron chi connectivity index (χ4n) is 2.65. The lowest BCUT2D eigenvalue weighted by Gasteiger charge is -2.32. The van der Waals surface area contributed by atoms with Gasteiger partial charge in [-0.2, -0.15) is 0 Å². The summed E-state index contributed by atoms with van der Waals surface area (Å²) in [7, 11) is 0. The highest BCUT2D eigenvalue weighted by molar-refractivity contribution is 4.76. The van der Waals surface area contributed by atoms with Crippen molar-refractivity contribution in [2.45, 2.75) is 64.9 Å². The highest BCUT2D eigenvalue weighted by atomic mass is 16.3. The van der Waals surface area contributed by atoms with Gasteiger partial charge in [-0.05, 0) is 24.7 Å². The van der Waals surface area contributed by atoms with E-state index < -0.39 is 0 Å². The molecule has 0 aliphatic heterocycles. The summed E-state index contributed by atoms with van der Waals surface area (Å²) >= 11 is 0. The lowest BCUT2D eigenvalue weighted by Crippen LogP contribution is -2.23. The average molecular weight is 184 g/mol. The first kappa shape index (κ1) is 11.0. The van der Waals surface area contributed by atoms with Gasteiger partial charge in [0, 0.05) is 0 Å². The van der Waals surface area contributed by atoms with Crippen LogP contribution in [0.1, 0.15) is 58.8 Å². The molecule has 13 heavy (non-hydrogen) atoms. The van der Waals surface area contributed by atoms with Crippen LogP contribution in [0.25, 0.3) is 0 Å². The number of aliphatic hydroxyl groups excluding tert-OH is 1. The van der Waals surface area contributed by atoms with E-state index in [4.69, 9.17) is 0 Å². The molecular weight excluding hydrogens is 160 g/mol. The third kappa shape index (κ3) is 3.30. The SMILES string of the molecule is CCC(O)CC1CCCCC1CC. The molecule has 3 atom stereocenters. The molecule has 3 unspecified atom stereocenters. The van der Waals surface area contributed by atoms with E-state index in [-0.39, 0.29) is 6.10 Å². The molecule has 0 amide bonds. The monoisotopic (exact) mass is 184 g/mol. The third-order valence-corrected chi connectivity index (χ3v) is 3.64. The zero-order valence-corrected chi connectivity index (χ0v) is 9.13. The van der Waals surface area contributed by atoms with Crippen LogP contribution in [0.4, 0.5) is 0 Å². The van der Waals surface area contributed by atoms with Crippen LogP contribution in [-0.4, -0.2) is 11.2 Å². The zero-order valence-electron chi connectivity index (χ0n) is 9.13. The van der Waals surface area contributed by atoms with Gasteiger partial charge in [-0.1, -0.05) is 46.0 Å². The Kier molecular flexibility index (Phi) is 4.79. The Bertz CT molecular complexity index is 133. The van der Waals surface area contributed by atoms with Gasteiger partial charge < -0.3 is 5.11 Å². The molecule has 0 aromatic rings. The van der Waals surface area contributed by atoms with E-state index in [1.807, 2.05) is 0 Å². The van der Waals surface area contributed by atoms with Crippen LogP contribution >= 0.6 is 0 Å². The third-order valence-electron chi connectivity index (χ3n) is 3.64. The number of hydrogen-bond acceptors (Lipinski definition) is 1. The quantitative estimate of drug-likeness (QED) is 0.710. The van der Waals surface area contributed by atoms with Crippen molar-refractivity contribution in [2.75, 3.05) is 0 Å². The second kappa shape index (κ2) is 5.64. The minimum Gasteiger partial charge on any atom is -0.393 e. The van der Waals surface area contributed by atoms with Crippen molar-refractivity contribution in [3.05, 3.63) is 0 Å². The lowest BCUT2D eigenvalue weighted by molar-refractivity contribution is 0.100.